The monoisotopic (exact) mass is 365 g/mol. The topological polar surface area (TPSA) is 47.3 Å². The van der Waals surface area contributed by atoms with Gasteiger partial charge in [0.15, 0.2) is 0 Å². The van der Waals surface area contributed by atoms with Crippen LogP contribution in [-0.4, -0.2) is 47.9 Å². The maximum atomic E-state index is 13.0. The summed E-state index contributed by atoms with van der Waals surface area (Å²) in [6.45, 7) is 3.76. The minimum Gasteiger partial charge on any atom is -0.336 e. The van der Waals surface area contributed by atoms with Gasteiger partial charge < -0.3 is 4.90 Å². The van der Waals surface area contributed by atoms with Crippen LogP contribution in [0.5, 0.6) is 0 Å². The summed E-state index contributed by atoms with van der Waals surface area (Å²) in [5.74, 6) is 0.0955. The molecule has 2 aromatic carbocycles. The Morgan fingerprint density at radius 3 is 2.77 bits per heavy atom. The number of nitrogens with zero attached hydrogens (tertiary/aromatic N) is 3. The Morgan fingerprint density at radius 1 is 1.12 bits per heavy atom. The fraction of sp³-hybridized carbons (Fsp3) is 0.333. The number of carbonyl (C=O) groups is 1. The molecule has 0 bridgehead atoms. The summed E-state index contributed by atoms with van der Waals surface area (Å²) in [6.07, 6.45) is 2.43. The molecule has 132 valence electrons. The minimum absolute atomic E-state index is 0.0955. The quantitative estimate of drug-likeness (QED) is 0.813. The highest BCUT2D eigenvalue weighted by Gasteiger charge is 2.32. The fourth-order valence-electron chi connectivity index (χ4n) is 3.98. The molecule has 2 saturated heterocycles. The maximum absolute atomic E-state index is 13.0. The van der Waals surface area contributed by atoms with E-state index in [4.69, 9.17) is 16.9 Å². The van der Waals surface area contributed by atoms with Crippen molar-refractivity contribution in [2.45, 2.75) is 18.9 Å². The molecule has 0 saturated carbocycles. The summed E-state index contributed by atoms with van der Waals surface area (Å²) < 4.78 is 0. The summed E-state index contributed by atoms with van der Waals surface area (Å²) in [5.41, 5.74) is 3.00. The second-order valence-electron chi connectivity index (χ2n) is 6.97. The zero-order chi connectivity index (χ0) is 18.1. The predicted molar refractivity (Wildman–Crippen MR) is 102 cm³/mol. The van der Waals surface area contributed by atoms with E-state index in [1.165, 1.54) is 19.4 Å². The van der Waals surface area contributed by atoms with Crippen LogP contribution in [0, 0.1) is 11.3 Å². The van der Waals surface area contributed by atoms with E-state index in [1.807, 2.05) is 35.2 Å². The smallest absolute Gasteiger partial charge is 0.253 e. The molecule has 2 heterocycles. The van der Waals surface area contributed by atoms with Gasteiger partial charge in [-0.05, 0) is 54.8 Å². The van der Waals surface area contributed by atoms with Crippen molar-refractivity contribution in [3.05, 3.63) is 58.6 Å². The molecule has 2 aromatic rings. The Hall–Kier alpha value is -2.35. The van der Waals surface area contributed by atoms with Crippen LogP contribution in [0.2, 0.25) is 5.02 Å². The SMILES string of the molecule is N#Cc1ccc(-c2cccc(C(=O)N3CCN4CCC[C@H]4C3)c2)cc1Cl. The van der Waals surface area contributed by atoms with Crippen molar-refractivity contribution in [3.63, 3.8) is 0 Å². The van der Waals surface area contributed by atoms with E-state index >= 15 is 0 Å². The van der Waals surface area contributed by atoms with Gasteiger partial charge >= 0.3 is 0 Å². The first-order valence-electron chi connectivity index (χ1n) is 8.99. The Labute approximate surface area is 158 Å². The number of hydrogen-bond donors (Lipinski definition) is 0. The molecule has 26 heavy (non-hydrogen) atoms. The molecular weight excluding hydrogens is 346 g/mol. The largest absolute Gasteiger partial charge is 0.336 e. The highest BCUT2D eigenvalue weighted by atomic mass is 35.5. The predicted octanol–water partition coefficient (Wildman–Crippen LogP) is 3.80. The standard InChI is InChI=1S/C21H20ClN3O/c22-20-12-16(6-7-18(20)13-23)15-3-1-4-17(11-15)21(26)25-10-9-24-8-2-5-19(24)14-25/h1,3-4,6-7,11-12,19H,2,5,8-10,14H2/t19-/m0/s1. The van der Waals surface area contributed by atoms with Crippen LogP contribution in [0.25, 0.3) is 11.1 Å². The van der Waals surface area contributed by atoms with E-state index in [-0.39, 0.29) is 5.91 Å². The Morgan fingerprint density at radius 2 is 1.96 bits per heavy atom. The molecule has 0 N–H and O–H groups in total. The molecule has 1 amide bonds. The van der Waals surface area contributed by atoms with Gasteiger partial charge in [-0.2, -0.15) is 5.26 Å². The maximum Gasteiger partial charge on any atom is 0.253 e. The van der Waals surface area contributed by atoms with Gasteiger partial charge in [-0.1, -0.05) is 29.8 Å². The molecule has 0 unspecified atom stereocenters. The van der Waals surface area contributed by atoms with Crippen molar-refractivity contribution in [2.75, 3.05) is 26.2 Å². The van der Waals surface area contributed by atoms with Crippen LogP contribution < -0.4 is 0 Å². The van der Waals surface area contributed by atoms with Gasteiger partial charge in [-0.3, -0.25) is 9.69 Å². The molecule has 1 atom stereocenters. The van der Waals surface area contributed by atoms with Crippen molar-refractivity contribution in [1.29, 1.82) is 5.26 Å². The highest BCUT2D eigenvalue weighted by Crippen LogP contribution is 2.27. The van der Waals surface area contributed by atoms with E-state index in [1.54, 1.807) is 12.1 Å². The third-order valence-electron chi connectivity index (χ3n) is 5.41. The summed E-state index contributed by atoms with van der Waals surface area (Å²) in [5, 5.41) is 9.45. The first kappa shape index (κ1) is 17.1. The number of fused-ring (bicyclic) bond motifs is 1. The van der Waals surface area contributed by atoms with Gasteiger partial charge in [0, 0.05) is 31.2 Å². The zero-order valence-electron chi connectivity index (χ0n) is 14.5. The number of amides is 1. The lowest BCUT2D eigenvalue weighted by Crippen LogP contribution is -2.52. The van der Waals surface area contributed by atoms with Gasteiger partial charge in [0.25, 0.3) is 5.91 Å². The lowest BCUT2D eigenvalue weighted by Gasteiger charge is -2.37. The van der Waals surface area contributed by atoms with Crippen LogP contribution in [0.1, 0.15) is 28.8 Å². The van der Waals surface area contributed by atoms with Crippen LogP contribution in [0.3, 0.4) is 0 Å². The number of piperazine rings is 1. The molecule has 4 rings (SSSR count). The molecule has 2 aliphatic rings. The van der Waals surface area contributed by atoms with Gasteiger partial charge in [0.05, 0.1) is 10.6 Å². The third kappa shape index (κ3) is 3.21. The van der Waals surface area contributed by atoms with Crippen molar-refractivity contribution in [3.8, 4) is 17.2 Å². The first-order chi connectivity index (χ1) is 12.7. The number of benzene rings is 2. The summed E-state index contributed by atoms with van der Waals surface area (Å²) >= 11 is 6.15. The molecule has 0 aliphatic carbocycles. The van der Waals surface area contributed by atoms with E-state index in [2.05, 4.69) is 11.0 Å². The van der Waals surface area contributed by atoms with E-state index in [0.29, 0.717) is 22.2 Å². The van der Waals surface area contributed by atoms with E-state index in [0.717, 1.165) is 30.8 Å². The van der Waals surface area contributed by atoms with E-state index < -0.39 is 0 Å². The molecule has 4 nitrogen and oxygen atoms in total. The molecular formula is C21H20ClN3O. The number of carbonyl (C=O) groups excluding carboxylic acids is 1. The zero-order valence-corrected chi connectivity index (χ0v) is 15.2. The third-order valence-corrected chi connectivity index (χ3v) is 5.72. The van der Waals surface area contributed by atoms with Gasteiger partial charge in [0.2, 0.25) is 0 Å². The second kappa shape index (κ2) is 7.11. The molecule has 0 spiro atoms. The Balaban J connectivity index is 1.56. The first-order valence-corrected chi connectivity index (χ1v) is 9.37. The average molecular weight is 366 g/mol. The number of hydrogen-bond acceptors (Lipinski definition) is 3. The molecule has 0 aromatic heterocycles. The second-order valence-corrected chi connectivity index (χ2v) is 7.38. The molecule has 2 aliphatic heterocycles. The van der Waals surface area contributed by atoms with Crippen LogP contribution in [0.15, 0.2) is 42.5 Å². The number of rotatable bonds is 2. The van der Waals surface area contributed by atoms with Gasteiger partial charge in [0.1, 0.15) is 6.07 Å². The average Bonchev–Trinajstić information content (AvgIpc) is 3.15. The fourth-order valence-corrected chi connectivity index (χ4v) is 4.20. The van der Waals surface area contributed by atoms with Crippen molar-refractivity contribution in [2.24, 2.45) is 0 Å². The Kier molecular flexibility index (Phi) is 4.67. The highest BCUT2D eigenvalue weighted by molar-refractivity contribution is 6.32. The number of halogens is 1. The molecule has 2 fully saturated rings. The van der Waals surface area contributed by atoms with Crippen LogP contribution >= 0.6 is 11.6 Å². The lowest BCUT2D eigenvalue weighted by atomic mass is 10.0. The van der Waals surface area contributed by atoms with Crippen LogP contribution in [-0.2, 0) is 0 Å². The van der Waals surface area contributed by atoms with E-state index in [9.17, 15) is 4.79 Å². The van der Waals surface area contributed by atoms with Gasteiger partial charge in [-0.15, -0.1) is 0 Å². The lowest BCUT2D eigenvalue weighted by molar-refractivity contribution is 0.0571. The normalized spacial score (nSPS) is 19.8. The minimum atomic E-state index is 0.0955. The van der Waals surface area contributed by atoms with Crippen molar-refractivity contribution >= 4 is 17.5 Å². The number of nitriles is 1. The summed E-state index contributed by atoms with van der Waals surface area (Å²) in [4.78, 5) is 17.5. The van der Waals surface area contributed by atoms with Crippen molar-refractivity contribution < 1.29 is 4.79 Å². The molecule has 5 heteroatoms. The van der Waals surface area contributed by atoms with Crippen molar-refractivity contribution in [1.82, 2.24) is 9.80 Å². The van der Waals surface area contributed by atoms with Gasteiger partial charge in [-0.25, -0.2) is 0 Å². The molecule has 0 radical (unpaired) electrons. The summed E-state index contributed by atoms with van der Waals surface area (Å²) in [6, 6.07) is 15.6. The summed E-state index contributed by atoms with van der Waals surface area (Å²) in [7, 11) is 0. The van der Waals surface area contributed by atoms with Crippen LogP contribution in [0.4, 0.5) is 0 Å². The Bertz CT molecular complexity index is 889.